The zero-order chi connectivity index (χ0) is 15.5. The molecule has 0 bridgehead atoms. The summed E-state index contributed by atoms with van der Waals surface area (Å²) in [4.78, 5) is 17.1. The minimum atomic E-state index is -0.137. The van der Waals surface area contributed by atoms with E-state index in [0.29, 0.717) is 23.1 Å². The molecule has 0 fully saturated rings. The van der Waals surface area contributed by atoms with Gasteiger partial charge in [0.25, 0.3) is 5.56 Å². The third-order valence-electron chi connectivity index (χ3n) is 3.31. The summed E-state index contributed by atoms with van der Waals surface area (Å²) >= 11 is 1.38. The summed E-state index contributed by atoms with van der Waals surface area (Å²) in [6, 6.07) is 1.55. The van der Waals surface area contributed by atoms with Crippen molar-refractivity contribution in [2.45, 2.75) is 40.0 Å². The molecule has 2 aromatic rings. The Morgan fingerprint density at radius 3 is 2.90 bits per heavy atom. The Kier molecular flexibility index (Phi) is 4.95. The average molecular weight is 310 g/mol. The maximum Gasteiger partial charge on any atom is 0.275 e. The van der Waals surface area contributed by atoms with Crippen LogP contribution in [0.2, 0.25) is 0 Å². The van der Waals surface area contributed by atoms with Crippen molar-refractivity contribution in [1.82, 2.24) is 14.6 Å². The minimum Gasteiger partial charge on any atom is -0.396 e. The van der Waals surface area contributed by atoms with Crippen LogP contribution in [0.25, 0.3) is 4.96 Å². The van der Waals surface area contributed by atoms with E-state index in [-0.39, 0.29) is 17.6 Å². The number of aliphatic hydroxyl groups excluding tert-OH is 1. The van der Waals surface area contributed by atoms with E-state index in [1.54, 1.807) is 6.07 Å². The predicted octanol–water partition coefficient (Wildman–Crippen LogP) is 1.92. The molecule has 0 unspecified atom stereocenters. The SMILES string of the molecule is CCCc1cc(=O)n2nc(NCC(C)(C)CCO)sc2n1. The Balaban J connectivity index is 2.19. The molecular formula is C14H22N4O2S. The number of hydrogen-bond acceptors (Lipinski definition) is 6. The second kappa shape index (κ2) is 6.53. The molecular weight excluding hydrogens is 288 g/mol. The third kappa shape index (κ3) is 4.01. The van der Waals surface area contributed by atoms with E-state index in [4.69, 9.17) is 5.11 Å². The molecule has 7 heteroatoms. The van der Waals surface area contributed by atoms with Crippen LogP contribution in [0.4, 0.5) is 5.13 Å². The summed E-state index contributed by atoms with van der Waals surface area (Å²) in [6.45, 7) is 7.06. The molecule has 0 saturated heterocycles. The van der Waals surface area contributed by atoms with E-state index in [1.165, 1.54) is 15.9 Å². The van der Waals surface area contributed by atoms with Crippen LogP contribution in [-0.2, 0) is 6.42 Å². The fourth-order valence-corrected chi connectivity index (χ4v) is 2.84. The van der Waals surface area contributed by atoms with Crippen LogP contribution >= 0.6 is 11.3 Å². The molecule has 21 heavy (non-hydrogen) atoms. The van der Waals surface area contributed by atoms with Crippen LogP contribution in [0, 0.1) is 5.41 Å². The van der Waals surface area contributed by atoms with E-state index < -0.39 is 0 Å². The van der Waals surface area contributed by atoms with Gasteiger partial charge in [0, 0.05) is 24.9 Å². The van der Waals surface area contributed by atoms with Crippen LogP contribution in [0.5, 0.6) is 0 Å². The molecule has 0 spiro atoms. The first kappa shape index (κ1) is 15.9. The maximum atomic E-state index is 12.0. The Morgan fingerprint density at radius 2 is 2.24 bits per heavy atom. The van der Waals surface area contributed by atoms with E-state index in [2.05, 4.69) is 36.2 Å². The molecule has 2 aromatic heterocycles. The smallest absolute Gasteiger partial charge is 0.275 e. The Bertz CT molecular complexity index is 663. The Morgan fingerprint density at radius 1 is 1.48 bits per heavy atom. The highest BCUT2D eigenvalue weighted by molar-refractivity contribution is 7.20. The molecule has 2 heterocycles. The molecule has 0 radical (unpaired) electrons. The fraction of sp³-hybridized carbons (Fsp3) is 0.643. The third-order valence-corrected chi connectivity index (χ3v) is 4.18. The van der Waals surface area contributed by atoms with Gasteiger partial charge in [0.15, 0.2) is 0 Å². The van der Waals surface area contributed by atoms with Crippen LogP contribution in [0.1, 0.15) is 39.3 Å². The zero-order valence-corrected chi connectivity index (χ0v) is 13.5. The summed E-state index contributed by atoms with van der Waals surface area (Å²) < 4.78 is 1.34. The number of nitrogens with zero attached hydrogens (tertiary/aromatic N) is 3. The number of aliphatic hydroxyl groups is 1. The van der Waals surface area contributed by atoms with E-state index in [9.17, 15) is 4.79 Å². The van der Waals surface area contributed by atoms with Crippen molar-refractivity contribution in [1.29, 1.82) is 0 Å². The van der Waals surface area contributed by atoms with Crippen molar-refractivity contribution in [3.63, 3.8) is 0 Å². The summed E-state index contributed by atoms with van der Waals surface area (Å²) in [7, 11) is 0. The molecule has 2 N–H and O–H groups in total. The van der Waals surface area contributed by atoms with Gasteiger partial charge in [-0.3, -0.25) is 4.79 Å². The number of hydrogen-bond donors (Lipinski definition) is 2. The molecule has 116 valence electrons. The van der Waals surface area contributed by atoms with Crippen molar-refractivity contribution in [2.24, 2.45) is 5.41 Å². The number of rotatable bonds is 7. The number of aryl methyl sites for hydroxylation is 1. The lowest BCUT2D eigenvalue weighted by atomic mass is 9.90. The molecule has 6 nitrogen and oxygen atoms in total. The van der Waals surface area contributed by atoms with Gasteiger partial charge >= 0.3 is 0 Å². The largest absolute Gasteiger partial charge is 0.396 e. The number of nitrogens with one attached hydrogen (secondary N) is 1. The van der Waals surface area contributed by atoms with Crippen molar-refractivity contribution < 1.29 is 5.11 Å². The van der Waals surface area contributed by atoms with E-state index in [0.717, 1.165) is 18.5 Å². The van der Waals surface area contributed by atoms with Crippen molar-refractivity contribution in [3.8, 4) is 0 Å². The van der Waals surface area contributed by atoms with Gasteiger partial charge in [-0.15, -0.1) is 5.10 Å². The molecule has 0 atom stereocenters. The lowest BCUT2D eigenvalue weighted by Gasteiger charge is -2.23. The molecule has 0 amide bonds. The highest BCUT2D eigenvalue weighted by atomic mass is 32.1. The molecule has 2 rings (SSSR count). The first-order valence-electron chi connectivity index (χ1n) is 7.20. The van der Waals surface area contributed by atoms with Gasteiger partial charge in [-0.05, 0) is 18.3 Å². The maximum absolute atomic E-state index is 12.0. The van der Waals surface area contributed by atoms with Gasteiger partial charge in [0.2, 0.25) is 10.1 Å². The molecule has 0 aliphatic carbocycles. The van der Waals surface area contributed by atoms with E-state index >= 15 is 0 Å². The second-order valence-corrected chi connectivity index (χ2v) is 6.88. The summed E-state index contributed by atoms with van der Waals surface area (Å²) in [6.07, 6.45) is 2.47. The lowest BCUT2D eigenvalue weighted by molar-refractivity contribution is 0.220. The standard InChI is InChI=1S/C14H22N4O2S/c1-4-5-10-8-11(20)18-13(16-10)21-12(17-18)15-9-14(2,3)6-7-19/h8,19H,4-7,9H2,1-3H3,(H,15,17). The number of aromatic nitrogens is 3. The fourth-order valence-electron chi connectivity index (χ4n) is 2.02. The van der Waals surface area contributed by atoms with Crippen LogP contribution in [-0.4, -0.2) is 32.9 Å². The van der Waals surface area contributed by atoms with Crippen LogP contribution < -0.4 is 10.9 Å². The van der Waals surface area contributed by atoms with Crippen molar-refractivity contribution in [2.75, 3.05) is 18.5 Å². The molecule has 0 saturated carbocycles. The molecule has 0 aromatic carbocycles. The van der Waals surface area contributed by atoms with E-state index in [1.807, 2.05) is 0 Å². The van der Waals surface area contributed by atoms with Gasteiger partial charge in [-0.2, -0.15) is 4.52 Å². The van der Waals surface area contributed by atoms with Crippen molar-refractivity contribution in [3.05, 3.63) is 22.1 Å². The summed E-state index contributed by atoms with van der Waals surface area (Å²) in [5.74, 6) is 0. The minimum absolute atomic E-state index is 0.0294. The summed E-state index contributed by atoms with van der Waals surface area (Å²) in [5, 5.41) is 17.2. The first-order chi connectivity index (χ1) is 9.95. The lowest BCUT2D eigenvalue weighted by Crippen LogP contribution is -2.24. The Labute approximate surface area is 127 Å². The van der Waals surface area contributed by atoms with Gasteiger partial charge in [-0.1, -0.05) is 38.5 Å². The van der Waals surface area contributed by atoms with Crippen LogP contribution in [0.3, 0.4) is 0 Å². The highest BCUT2D eigenvalue weighted by Gasteiger charge is 2.18. The zero-order valence-electron chi connectivity index (χ0n) is 12.7. The van der Waals surface area contributed by atoms with Crippen molar-refractivity contribution >= 4 is 21.4 Å². The quantitative estimate of drug-likeness (QED) is 0.817. The number of anilines is 1. The topological polar surface area (TPSA) is 79.5 Å². The van der Waals surface area contributed by atoms with Crippen LogP contribution in [0.15, 0.2) is 10.9 Å². The van der Waals surface area contributed by atoms with Gasteiger partial charge in [0.1, 0.15) is 0 Å². The molecule has 0 aliphatic heterocycles. The average Bonchev–Trinajstić information content (AvgIpc) is 2.81. The van der Waals surface area contributed by atoms with Gasteiger partial charge in [-0.25, -0.2) is 4.98 Å². The Hall–Kier alpha value is -1.47. The highest BCUT2D eigenvalue weighted by Crippen LogP contribution is 2.23. The van der Waals surface area contributed by atoms with Gasteiger partial charge in [0.05, 0.1) is 0 Å². The summed E-state index contributed by atoms with van der Waals surface area (Å²) in [5.41, 5.74) is 0.652. The predicted molar refractivity (Wildman–Crippen MR) is 85.1 cm³/mol. The first-order valence-corrected chi connectivity index (χ1v) is 8.01. The normalized spacial score (nSPS) is 12.0. The van der Waals surface area contributed by atoms with Gasteiger partial charge < -0.3 is 10.4 Å². The molecule has 0 aliphatic rings. The monoisotopic (exact) mass is 310 g/mol. The second-order valence-electron chi connectivity index (χ2n) is 5.93. The number of fused-ring (bicyclic) bond motifs is 1.